The summed E-state index contributed by atoms with van der Waals surface area (Å²) in [4.78, 5) is 33.2. The number of rotatable bonds is 21. The standard InChI is InChI=1S/C44H60N2O11/c1-6-22-54-44-39(46(42(51)52-5)18-23-53-24-21-49)28-37(45-57-43(2,3)4)35-26-31(13-7-9-19-47)34(15-8-10-20-48)40(41(35)44)36-27-33(16-17-38(36)56-44)55-32-14-11-12-30(25-32)29-50/h6,11-12,14,16-17,25-27,29,31,34,39-41,47-49H,1,7-10,13,15,18-24,28H2,2-5H3. The number of aliphatic hydroxyl groups excluding tert-OH is 3. The van der Waals surface area contributed by atoms with Crippen molar-refractivity contribution in [3.8, 4) is 17.2 Å². The Labute approximate surface area is 336 Å². The van der Waals surface area contributed by atoms with E-state index in [9.17, 15) is 24.9 Å². The lowest BCUT2D eigenvalue weighted by atomic mass is 9.55. The van der Waals surface area contributed by atoms with Crippen LogP contribution < -0.4 is 9.47 Å². The first-order chi connectivity index (χ1) is 27.5. The summed E-state index contributed by atoms with van der Waals surface area (Å²) in [6, 6.07) is 11.8. The van der Waals surface area contributed by atoms with Gasteiger partial charge < -0.3 is 43.8 Å². The zero-order valence-corrected chi connectivity index (χ0v) is 33.8. The number of allylic oxidation sites excluding steroid dienone is 1. The molecule has 57 heavy (non-hydrogen) atoms. The fourth-order valence-electron chi connectivity index (χ4n) is 8.51. The summed E-state index contributed by atoms with van der Waals surface area (Å²) in [5.41, 5.74) is 2.31. The average molecular weight is 793 g/mol. The van der Waals surface area contributed by atoms with Gasteiger partial charge in [-0.2, -0.15) is 0 Å². The van der Waals surface area contributed by atoms with E-state index in [-0.39, 0.29) is 70.4 Å². The van der Waals surface area contributed by atoms with Crippen molar-refractivity contribution >= 4 is 18.1 Å². The Balaban J connectivity index is 1.78. The summed E-state index contributed by atoms with van der Waals surface area (Å²) in [7, 11) is 1.33. The van der Waals surface area contributed by atoms with Gasteiger partial charge in [0, 0.05) is 43.2 Å². The number of methoxy groups -OCH3 is 1. The van der Waals surface area contributed by atoms with E-state index in [1.165, 1.54) is 7.11 Å². The molecule has 0 saturated heterocycles. The molecule has 312 valence electrons. The number of aldehydes is 1. The Morgan fingerprint density at radius 1 is 1.02 bits per heavy atom. The minimum Gasteiger partial charge on any atom is -0.459 e. The number of hydrogen-bond donors (Lipinski definition) is 3. The predicted octanol–water partition coefficient (Wildman–Crippen LogP) is 6.80. The highest BCUT2D eigenvalue weighted by atomic mass is 16.7. The number of benzene rings is 2. The van der Waals surface area contributed by atoms with Crippen LogP contribution in [0.1, 0.15) is 87.6 Å². The van der Waals surface area contributed by atoms with Crippen molar-refractivity contribution in [3.05, 3.63) is 77.9 Å². The lowest BCUT2D eigenvalue weighted by Crippen LogP contribution is -2.70. The third kappa shape index (κ3) is 10.4. The van der Waals surface area contributed by atoms with Crippen molar-refractivity contribution in [3.63, 3.8) is 0 Å². The maximum absolute atomic E-state index is 13.9. The normalized spacial score (nSPS) is 24.4. The van der Waals surface area contributed by atoms with Gasteiger partial charge in [0.2, 0.25) is 5.79 Å². The molecule has 1 fully saturated rings. The molecule has 1 saturated carbocycles. The van der Waals surface area contributed by atoms with Crippen molar-refractivity contribution in [2.45, 2.75) is 89.1 Å². The van der Waals surface area contributed by atoms with Crippen LogP contribution in [0.2, 0.25) is 0 Å². The van der Waals surface area contributed by atoms with Crippen LogP contribution in [-0.2, 0) is 19.0 Å². The van der Waals surface area contributed by atoms with Crippen molar-refractivity contribution < 1.29 is 53.4 Å². The van der Waals surface area contributed by atoms with Crippen LogP contribution in [0.25, 0.3) is 0 Å². The number of amides is 1. The van der Waals surface area contributed by atoms with E-state index in [2.05, 4.69) is 12.7 Å². The quantitative estimate of drug-likeness (QED) is 0.0527. The highest BCUT2D eigenvalue weighted by molar-refractivity contribution is 6.03. The van der Waals surface area contributed by atoms with Crippen LogP contribution in [0.3, 0.4) is 0 Å². The van der Waals surface area contributed by atoms with E-state index in [1.807, 2.05) is 39.0 Å². The molecule has 1 heterocycles. The number of carbonyl (C=O) groups is 2. The maximum atomic E-state index is 13.9. The topological polar surface area (TPSA) is 166 Å². The molecule has 13 nitrogen and oxygen atoms in total. The Kier molecular flexibility index (Phi) is 15.7. The molecule has 6 atom stereocenters. The van der Waals surface area contributed by atoms with Crippen LogP contribution >= 0.6 is 0 Å². The van der Waals surface area contributed by atoms with Crippen molar-refractivity contribution in [1.82, 2.24) is 4.90 Å². The number of hydrogen-bond acceptors (Lipinski definition) is 12. The molecule has 0 aromatic heterocycles. The van der Waals surface area contributed by atoms with E-state index in [0.29, 0.717) is 41.4 Å². The van der Waals surface area contributed by atoms with Crippen LogP contribution in [0, 0.1) is 17.8 Å². The summed E-state index contributed by atoms with van der Waals surface area (Å²) < 4.78 is 31.6. The number of nitrogens with zero attached hydrogens (tertiary/aromatic N) is 2. The minimum atomic E-state index is -1.48. The van der Waals surface area contributed by atoms with Gasteiger partial charge in [0.05, 0.1) is 45.2 Å². The molecule has 3 aliphatic rings. The van der Waals surface area contributed by atoms with Crippen molar-refractivity contribution in [2.24, 2.45) is 22.9 Å². The summed E-state index contributed by atoms with van der Waals surface area (Å²) in [6.45, 7) is 10.2. The summed E-state index contributed by atoms with van der Waals surface area (Å²) >= 11 is 0. The van der Waals surface area contributed by atoms with E-state index >= 15 is 0 Å². The zero-order chi connectivity index (χ0) is 41.0. The third-order valence-electron chi connectivity index (χ3n) is 10.8. The number of carbonyl (C=O) groups excluding carboxylic acids is 2. The van der Waals surface area contributed by atoms with E-state index in [4.69, 9.17) is 33.7 Å². The monoisotopic (exact) mass is 792 g/mol. The first-order valence-electron chi connectivity index (χ1n) is 20.1. The van der Waals surface area contributed by atoms with Crippen LogP contribution in [-0.4, -0.2) is 109 Å². The van der Waals surface area contributed by atoms with Gasteiger partial charge >= 0.3 is 6.09 Å². The minimum absolute atomic E-state index is 0.00925. The second-order valence-corrected chi connectivity index (χ2v) is 15.8. The highest BCUT2D eigenvalue weighted by Crippen LogP contribution is 2.62. The molecule has 0 spiro atoms. The Morgan fingerprint density at radius 2 is 1.77 bits per heavy atom. The van der Waals surface area contributed by atoms with Crippen molar-refractivity contribution in [2.75, 3.05) is 53.3 Å². The zero-order valence-electron chi connectivity index (χ0n) is 33.8. The molecular formula is C44H60N2O11. The van der Waals surface area contributed by atoms with Crippen LogP contribution in [0.4, 0.5) is 4.79 Å². The van der Waals surface area contributed by atoms with Gasteiger partial charge in [-0.1, -0.05) is 42.3 Å². The third-order valence-corrected chi connectivity index (χ3v) is 10.8. The molecule has 5 rings (SSSR count). The number of unbranched alkanes of at least 4 members (excludes halogenated alkanes) is 2. The summed E-state index contributed by atoms with van der Waals surface area (Å²) in [5, 5.41) is 34.0. The second-order valence-electron chi connectivity index (χ2n) is 15.8. The van der Waals surface area contributed by atoms with E-state index < -0.39 is 29.4 Å². The van der Waals surface area contributed by atoms with Crippen LogP contribution in [0.5, 0.6) is 17.2 Å². The lowest BCUT2D eigenvalue weighted by Gasteiger charge is -2.59. The molecule has 2 aliphatic carbocycles. The van der Waals surface area contributed by atoms with Gasteiger partial charge in [0.25, 0.3) is 0 Å². The second kappa shape index (κ2) is 20.4. The molecule has 2 aromatic rings. The van der Waals surface area contributed by atoms with Gasteiger partial charge in [-0.05, 0) is 94.2 Å². The lowest BCUT2D eigenvalue weighted by molar-refractivity contribution is -0.256. The number of fused-ring (bicyclic) bond motifs is 2. The molecule has 0 bridgehead atoms. The smallest absolute Gasteiger partial charge is 0.410 e. The van der Waals surface area contributed by atoms with Gasteiger partial charge in [-0.15, -0.1) is 6.58 Å². The fourth-order valence-corrected chi connectivity index (χ4v) is 8.51. The Bertz CT molecular complexity index is 1720. The molecule has 2 aromatic carbocycles. The molecule has 3 N–H and O–H groups in total. The van der Waals surface area contributed by atoms with E-state index in [1.54, 1.807) is 35.2 Å². The molecular weight excluding hydrogens is 732 g/mol. The SMILES string of the molecule is C=CCOC12Oc3ccc(Oc4cccc(C=O)c4)cc3C3C(CCCCO)C(CCCCO)C=C(C(=NOC(C)(C)C)CC1N(CCOCCO)C(=O)OC)C32. The van der Waals surface area contributed by atoms with Crippen molar-refractivity contribution in [1.29, 1.82) is 0 Å². The molecule has 1 aliphatic heterocycles. The Hall–Kier alpha value is -4.27. The van der Waals surface area contributed by atoms with Gasteiger partial charge in [-0.3, -0.25) is 9.69 Å². The van der Waals surface area contributed by atoms with E-state index in [0.717, 1.165) is 43.1 Å². The maximum Gasteiger partial charge on any atom is 0.410 e. The number of oxime groups is 1. The number of ether oxygens (including phenoxy) is 5. The van der Waals surface area contributed by atoms with Crippen LogP contribution in [0.15, 0.2) is 71.9 Å². The predicted molar refractivity (Wildman–Crippen MR) is 215 cm³/mol. The first-order valence-corrected chi connectivity index (χ1v) is 20.1. The van der Waals surface area contributed by atoms with Gasteiger partial charge in [0.1, 0.15) is 35.2 Å². The molecule has 6 unspecified atom stereocenters. The largest absolute Gasteiger partial charge is 0.459 e. The Morgan fingerprint density at radius 3 is 2.46 bits per heavy atom. The van der Waals surface area contributed by atoms with Gasteiger partial charge in [0.15, 0.2) is 0 Å². The highest BCUT2D eigenvalue weighted by Gasteiger charge is 2.65. The van der Waals surface area contributed by atoms with Gasteiger partial charge in [-0.25, -0.2) is 4.79 Å². The summed E-state index contributed by atoms with van der Waals surface area (Å²) in [6.07, 6.45) is 8.72. The first kappa shape index (κ1) is 43.8. The molecule has 1 amide bonds. The fraction of sp³-hybridized carbons (Fsp3) is 0.568. The number of aliphatic hydroxyl groups is 3. The molecule has 13 heteroatoms. The summed E-state index contributed by atoms with van der Waals surface area (Å²) in [5.74, 6) is -0.596. The molecule has 0 radical (unpaired) electrons. The average Bonchev–Trinajstić information content (AvgIpc) is 3.20.